The predicted octanol–water partition coefficient (Wildman–Crippen LogP) is 6.38. The number of ether oxygens (including phenoxy) is 1. The first kappa shape index (κ1) is 23.4. The lowest BCUT2D eigenvalue weighted by Crippen LogP contribution is -2.11. The van der Waals surface area contributed by atoms with Crippen molar-refractivity contribution in [2.75, 3.05) is 12.4 Å². The molecule has 3 heterocycles. The van der Waals surface area contributed by atoms with Crippen molar-refractivity contribution in [3.63, 3.8) is 0 Å². The van der Waals surface area contributed by atoms with Gasteiger partial charge in [-0.1, -0.05) is 18.2 Å². The zero-order valence-electron chi connectivity index (χ0n) is 20.2. The minimum absolute atomic E-state index is 0.0785. The molecule has 0 spiro atoms. The Balaban J connectivity index is 1.27. The van der Waals surface area contributed by atoms with Gasteiger partial charge in [0.25, 0.3) is 5.91 Å². The average molecular weight is 520 g/mol. The summed E-state index contributed by atoms with van der Waals surface area (Å²) in [5.41, 5.74) is 8.33. The molecular formula is C29H21N5O3S. The number of aromatic nitrogens is 4. The summed E-state index contributed by atoms with van der Waals surface area (Å²) < 4.78 is 5.39. The summed E-state index contributed by atoms with van der Waals surface area (Å²) in [6.07, 6.45) is 1.66. The van der Waals surface area contributed by atoms with Crippen LogP contribution in [0.1, 0.15) is 10.4 Å². The Morgan fingerprint density at radius 1 is 0.974 bits per heavy atom. The molecule has 0 fully saturated rings. The molecule has 186 valence electrons. The number of thiazole rings is 1. The molecule has 0 unspecified atom stereocenters. The van der Waals surface area contributed by atoms with Gasteiger partial charge in [-0.3, -0.25) is 4.79 Å². The highest BCUT2D eigenvalue weighted by molar-refractivity contribution is 7.07. The molecule has 0 aliphatic carbocycles. The number of aromatic amines is 1. The molecule has 3 aromatic carbocycles. The molecule has 0 radical (unpaired) electrons. The Labute approximate surface area is 221 Å². The zero-order chi connectivity index (χ0) is 26.1. The fourth-order valence-corrected chi connectivity index (χ4v) is 4.78. The number of benzene rings is 3. The van der Waals surface area contributed by atoms with E-state index in [1.807, 2.05) is 47.8 Å². The van der Waals surface area contributed by atoms with E-state index in [1.165, 1.54) is 11.3 Å². The molecule has 8 nitrogen and oxygen atoms in total. The van der Waals surface area contributed by atoms with Crippen LogP contribution in [0.25, 0.3) is 44.8 Å². The van der Waals surface area contributed by atoms with Crippen molar-refractivity contribution in [3.05, 3.63) is 95.4 Å². The van der Waals surface area contributed by atoms with Crippen molar-refractivity contribution in [3.8, 4) is 45.4 Å². The molecule has 0 saturated carbocycles. The van der Waals surface area contributed by atoms with Crippen molar-refractivity contribution in [1.29, 1.82) is 0 Å². The Kier molecular flexibility index (Phi) is 6.03. The quantitative estimate of drug-likeness (QED) is 0.235. The monoisotopic (exact) mass is 519 g/mol. The molecule has 6 rings (SSSR count). The number of imidazole rings is 1. The van der Waals surface area contributed by atoms with Crippen molar-refractivity contribution in [2.45, 2.75) is 0 Å². The van der Waals surface area contributed by atoms with Crippen LogP contribution >= 0.6 is 11.3 Å². The number of carbonyl (C=O) groups excluding carboxylic acids is 1. The molecule has 0 aliphatic heterocycles. The largest absolute Gasteiger partial charge is 0.507 e. The van der Waals surface area contributed by atoms with Gasteiger partial charge in [-0.25, -0.2) is 15.0 Å². The highest BCUT2D eigenvalue weighted by atomic mass is 32.1. The van der Waals surface area contributed by atoms with Crippen LogP contribution in [0.5, 0.6) is 11.6 Å². The van der Waals surface area contributed by atoms with Gasteiger partial charge in [-0.05, 0) is 60.2 Å². The molecule has 1 amide bonds. The van der Waals surface area contributed by atoms with Gasteiger partial charge in [0.15, 0.2) is 0 Å². The number of pyridine rings is 1. The predicted molar refractivity (Wildman–Crippen MR) is 148 cm³/mol. The normalized spacial score (nSPS) is 11.0. The summed E-state index contributed by atoms with van der Waals surface area (Å²) in [6, 6.07) is 21.8. The molecule has 9 heteroatoms. The number of phenols is 1. The molecule has 0 atom stereocenters. The van der Waals surface area contributed by atoms with E-state index in [4.69, 9.17) is 4.74 Å². The summed E-state index contributed by atoms with van der Waals surface area (Å²) in [4.78, 5) is 29.4. The lowest BCUT2D eigenvalue weighted by Gasteiger charge is -2.09. The number of carbonyl (C=O) groups is 1. The van der Waals surface area contributed by atoms with Crippen LogP contribution in [0.3, 0.4) is 0 Å². The molecule has 0 bridgehead atoms. The number of methoxy groups -OCH3 is 1. The Hall–Kier alpha value is -5.02. The standard InChI is InChI=1S/C29H21N5O3S/c1-37-29-21(3-2-12-30-29)18-7-11-26(35)22(13-18)27-33-23-10-6-19(14-24(23)34-27)28(36)32-20-8-4-17(5-9-20)25-15-38-16-31-25/h2-16,35H,1H3,(H,32,36)(H,33,34). The summed E-state index contributed by atoms with van der Waals surface area (Å²) in [5, 5.41) is 15.5. The number of H-pyrrole nitrogens is 1. The molecule has 3 aromatic heterocycles. The van der Waals surface area contributed by atoms with Crippen LogP contribution in [0.4, 0.5) is 5.69 Å². The maximum atomic E-state index is 12.9. The summed E-state index contributed by atoms with van der Waals surface area (Å²) in [6.45, 7) is 0. The van der Waals surface area contributed by atoms with Gasteiger partial charge in [0, 0.05) is 34.0 Å². The summed E-state index contributed by atoms with van der Waals surface area (Å²) in [7, 11) is 1.57. The number of hydrogen-bond acceptors (Lipinski definition) is 7. The fourth-order valence-electron chi connectivity index (χ4n) is 4.22. The van der Waals surface area contributed by atoms with E-state index >= 15 is 0 Å². The molecular weight excluding hydrogens is 498 g/mol. The minimum atomic E-state index is -0.244. The Bertz CT molecular complexity index is 1760. The summed E-state index contributed by atoms with van der Waals surface area (Å²) >= 11 is 1.54. The first-order valence-electron chi connectivity index (χ1n) is 11.7. The topological polar surface area (TPSA) is 113 Å². The lowest BCUT2D eigenvalue weighted by atomic mass is 10.0. The van der Waals surface area contributed by atoms with E-state index < -0.39 is 0 Å². The van der Waals surface area contributed by atoms with Crippen LogP contribution in [0, 0.1) is 0 Å². The fraction of sp³-hybridized carbons (Fsp3) is 0.0345. The van der Waals surface area contributed by atoms with Crippen LogP contribution in [0.2, 0.25) is 0 Å². The van der Waals surface area contributed by atoms with Crippen LogP contribution < -0.4 is 10.1 Å². The van der Waals surface area contributed by atoms with Crippen LogP contribution in [-0.2, 0) is 0 Å². The number of nitrogens with one attached hydrogen (secondary N) is 2. The molecule has 0 aliphatic rings. The van der Waals surface area contributed by atoms with E-state index in [2.05, 4.69) is 25.3 Å². The van der Waals surface area contributed by atoms with Crippen molar-refractivity contribution < 1.29 is 14.6 Å². The smallest absolute Gasteiger partial charge is 0.255 e. The van der Waals surface area contributed by atoms with Gasteiger partial charge in [0.2, 0.25) is 5.88 Å². The van der Waals surface area contributed by atoms with Gasteiger partial charge in [-0.15, -0.1) is 11.3 Å². The van der Waals surface area contributed by atoms with E-state index in [9.17, 15) is 9.90 Å². The van der Waals surface area contributed by atoms with Crippen molar-refractivity contribution in [1.82, 2.24) is 19.9 Å². The molecule has 6 aromatic rings. The Morgan fingerprint density at radius 3 is 2.61 bits per heavy atom. The van der Waals surface area contributed by atoms with E-state index in [-0.39, 0.29) is 11.7 Å². The number of nitrogens with zero attached hydrogens (tertiary/aromatic N) is 3. The maximum Gasteiger partial charge on any atom is 0.255 e. The zero-order valence-corrected chi connectivity index (χ0v) is 21.0. The maximum absolute atomic E-state index is 12.9. The summed E-state index contributed by atoms with van der Waals surface area (Å²) in [5.74, 6) is 0.806. The number of hydrogen-bond donors (Lipinski definition) is 3. The van der Waals surface area contributed by atoms with Gasteiger partial charge >= 0.3 is 0 Å². The average Bonchev–Trinajstić information content (AvgIpc) is 3.64. The van der Waals surface area contributed by atoms with E-state index in [1.54, 1.807) is 49.1 Å². The second kappa shape index (κ2) is 9.79. The number of amides is 1. The number of phenolic OH excluding ortho intramolecular Hbond substituents is 1. The van der Waals surface area contributed by atoms with Gasteiger partial charge in [0.1, 0.15) is 11.6 Å². The third kappa shape index (κ3) is 4.46. The van der Waals surface area contributed by atoms with E-state index in [0.29, 0.717) is 34.0 Å². The SMILES string of the molecule is COc1ncccc1-c1ccc(O)c(-c2nc3cc(C(=O)Nc4ccc(-c5cscn5)cc4)ccc3[nH]2)c1. The van der Waals surface area contributed by atoms with Crippen molar-refractivity contribution in [2.24, 2.45) is 0 Å². The molecule has 0 saturated heterocycles. The van der Waals surface area contributed by atoms with Crippen molar-refractivity contribution >= 4 is 34.0 Å². The van der Waals surface area contributed by atoms with Gasteiger partial charge in [0.05, 0.1) is 34.9 Å². The number of fused-ring (bicyclic) bond motifs is 1. The first-order valence-corrected chi connectivity index (χ1v) is 12.7. The molecule has 3 N–H and O–H groups in total. The number of aromatic hydroxyl groups is 1. The third-order valence-electron chi connectivity index (χ3n) is 6.14. The highest BCUT2D eigenvalue weighted by Gasteiger charge is 2.15. The first-order chi connectivity index (χ1) is 18.6. The highest BCUT2D eigenvalue weighted by Crippen LogP contribution is 2.35. The number of anilines is 1. The van der Waals surface area contributed by atoms with Crippen LogP contribution in [0.15, 0.2) is 89.9 Å². The lowest BCUT2D eigenvalue weighted by molar-refractivity contribution is 0.102. The van der Waals surface area contributed by atoms with Gasteiger partial charge < -0.3 is 20.1 Å². The number of rotatable bonds is 6. The molecule has 38 heavy (non-hydrogen) atoms. The Morgan fingerprint density at radius 2 is 1.82 bits per heavy atom. The second-order valence-corrected chi connectivity index (χ2v) is 9.23. The third-order valence-corrected chi connectivity index (χ3v) is 6.73. The second-order valence-electron chi connectivity index (χ2n) is 8.51. The van der Waals surface area contributed by atoms with E-state index in [0.717, 1.165) is 27.9 Å². The van der Waals surface area contributed by atoms with Crippen LogP contribution in [-0.4, -0.2) is 38.1 Å². The van der Waals surface area contributed by atoms with Gasteiger partial charge in [-0.2, -0.15) is 0 Å². The minimum Gasteiger partial charge on any atom is -0.507 e.